The van der Waals surface area contributed by atoms with Gasteiger partial charge in [-0.05, 0) is 27.7 Å². The molecule has 0 aliphatic carbocycles. The zero-order valence-corrected chi connectivity index (χ0v) is 11.9. The van der Waals surface area contributed by atoms with Crippen molar-refractivity contribution in [2.24, 2.45) is 0 Å². The number of hydrogen-bond acceptors (Lipinski definition) is 3. The molecule has 0 unspecified atom stereocenters. The molecule has 1 saturated heterocycles. The van der Waals surface area contributed by atoms with E-state index >= 15 is 0 Å². The highest BCUT2D eigenvalue weighted by Crippen LogP contribution is 2.37. The molecule has 1 aliphatic rings. The second kappa shape index (κ2) is 4.37. The summed E-state index contributed by atoms with van der Waals surface area (Å²) in [6.07, 6.45) is 5.02. The molecule has 2 heterocycles. The Hall–Kier alpha value is -0.835. The molecule has 0 saturated carbocycles. The van der Waals surface area contributed by atoms with E-state index in [1.807, 2.05) is 27.7 Å². The van der Waals surface area contributed by atoms with Gasteiger partial charge in [0.05, 0.1) is 16.2 Å². The summed E-state index contributed by atoms with van der Waals surface area (Å²) in [7, 11) is -0.491. The molecule has 0 atom stereocenters. The van der Waals surface area contributed by atoms with Crippen LogP contribution < -0.4 is 5.46 Å². The molecule has 1 aromatic rings. The molecule has 1 fully saturated rings. The summed E-state index contributed by atoms with van der Waals surface area (Å²) in [4.78, 5) is 4.14. The molecule has 0 bridgehead atoms. The van der Waals surface area contributed by atoms with Crippen LogP contribution in [0.3, 0.4) is 0 Å². The van der Waals surface area contributed by atoms with Crippen molar-refractivity contribution >= 4 is 30.3 Å². The minimum atomic E-state index is -0.491. The van der Waals surface area contributed by atoms with Crippen molar-refractivity contribution < 1.29 is 9.31 Å². The number of aromatic nitrogens is 1. The largest absolute Gasteiger partial charge is 0.497 e. The van der Waals surface area contributed by atoms with Crippen LogP contribution in [0, 0.1) is 0 Å². The first-order valence-corrected chi connectivity index (χ1v) is 6.28. The standard InChI is InChI=1S/C13H17BClNO2/c1-6-9-7-16-8-10(11(9)15)14-17-12(2,3)13(4,5)18-14/h6-8H,1H2,2-5H3. The first kappa shape index (κ1) is 13.6. The van der Waals surface area contributed by atoms with Crippen LogP contribution in [-0.4, -0.2) is 23.3 Å². The fourth-order valence-electron chi connectivity index (χ4n) is 1.75. The maximum atomic E-state index is 6.30. The van der Waals surface area contributed by atoms with Gasteiger partial charge in [0.25, 0.3) is 0 Å². The molecule has 0 aromatic carbocycles. The topological polar surface area (TPSA) is 31.4 Å². The normalized spacial score (nSPS) is 21.1. The number of halogens is 1. The molecule has 0 N–H and O–H groups in total. The second-order valence-corrected chi connectivity index (χ2v) is 5.80. The second-order valence-electron chi connectivity index (χ2n) is 5.42. The molecular formula is C13H17BClNO2. The van der Waals surface area contributed by atoms with Crippen molar-refractivity contribution in [1.29, 1.82) is 0 Å². The lowest BCUT2D eigenvalue weighted by Crippen LogP contribution is -2.41. The van der Waals surface area contributed by atoms with Gasteiger partial charge in [0.15, 0.2) is 0 Å². The van der Waals surface area contributed by atoms with Crippen LogP contribution in [0.5, 0.6) is 0 Å². The van der Waals surface area contributed by atoms with Crippen molar-refractivity contribution in [3.63, 3.8) is 0 Å². The van der Waals surface area contributed by atoms with Crippen LogP contribution in [-0.2, 0) is 9.31 Å². The van der Waals surface area contributed by atoms with Gasteiger partial charge in [-0.3, -0.25) is 4.98 Å². The van der Waals surface area contributed by atoms with E-state index < -0.39 is 7.12 Å². The average molecular weight is 266 g/mol. The Bertz CT molecular complexity index is 472. The quantitative estimate of drug-likeness (QED) is 0.771. The molecule has 0 amide bonds. The summed E-state index contributed by atoms with van der Waals surface area (Å²) in [5.41, 5.74) is 0.757. The molecule has 18 heavy (non-hydrogen) atoms. The zero-order valence-electron chi connectivity index (χ0n) is 11.2. The van der Waals surface area contributed by atoms with Crippen LogP contribution in [0.4, 0.5) is 0 Å². The lowest BCUT2D eigenvalue weighted by Gasteiger charge is -2.32. The van der Waals surface area contributed by atoms with Crippen LogP contribution in [0.2, 0.25) is 5.02 Å². The Balaban J connectivity index is 2.38. The molecule has 3 nitrogen and oxygen atoms in total. The molecule has 5 heteroatoms. The molecule has 1 aliphatic heterocycles. The highest BCUT2D eigenvalue weighted by atomic mass is 35.5. The Kier molecular flexibility index (Phi) is 3.30. The summed E-state index contributed by atoms with van der Waals surface area (Å²) >= 11 is 6.30. The summed E-state index contributed by atoms with van der Waals surface area (Å²) in [5, 5.41) is 0.582. The van der Waals surface area contributed by atoms with Gasteiger partial charge >= 0.3 is 7.12 Å². The summed E-state index contributed by atoms with van der Waals surface area (Å²) in [5.74, 6) is 0. The molecule has 0 radical (unpaired) electrons. The first-order valence-electron chi connectivity index (χ1n) is 5.90. The maximum Gasteiger partial charge on any atom is 0.497 e. The third kappa shape index (κ3) is 2.09. The summed E-state index contributed by atoms with van der Waals surface area (Å²) in [6, 6.07) is 0. The van der Waals surface area contributed by atoms with E-state index in [-0.39, 0.29) is 11.2 Å². The number of rotatable bonds is 2. The van der Waals surface area contributed by atoms with Crippen molar-refractivity contribution in [3.8, 4) is 0 Å². The molecule has 0 spiro atoms. The molecule has 96 valence electrons. The molecule has 2 rings (SSSR count). The summed E-state index contributed by atoms with van der Waals surface area (Å²) in [6.45, 7) is 11.7. The minimum absolute atomic E-state index is 0.384. The molecular weight excluding hydrogens is 248 g/mol. The Morgan fingerprint density at radius 1 is 1.22 bits per heavy atom. The smallest absolute Gasteiger partial charge is 0.399 e. The lowest BCUT2D eigenvalue weighted by atomic mass is 9.79. The van der Waals surface area contributed by atoms with E-state index in [9.17, 15) is 0 Å². The van der Waals surface area contributed by atoms with Gasteiger partial charge in [-0.1, -0.05) is 24.3 Å². The van der Waals surface area contributed by atoms with Gasteiger partial charge in [0, 0.05) is 23.4 Å². The zero-order chi connectivity index (χ0) is 13.6. The van der Waals surface area contributed by atoms with E-state index in [0.29, 0.717) is 5.02 Å². The van der Waals surface area contributed by atoms with Crippen molar-refractivity contribution in [1.82, 2.24) is 4.98 Å². The average Bonchev–Trinajstić information content (AvgIpc) is 2.48. The summed E-state index contributed by atoms with van der Waals surface area (Å²) < 4.78 is 11.9. The van der Waals surface area contributed by atoms with Gasteiger partial charge in [-0.25, -0.2) is 0 Å². The van der Waals surface area contributed by atoms with Crippen LogP contribution in [0.15, 0.2) is 19.0 Å². The van der Waals surface area contributed by atoms with Crippen molar-refractivity contribution in [3.05, 3.63) is 29.6 Å². The Labute approximate surface area is 113 Å². The van der Waals surface area contributed by atoms with Crippen LogP contribution >= 0.6 is 11.6 Å². The van der Waals surface area contributed by atoms with Crippen LogP contribution in [0.1, 0.15) is 33.3 Å². The third-order valence-corrected chi connectivity index (χ3v) is 4.10. The van der Waals surface area contributed by atoms with E-state index in [2.05, 4.69) is 11.6 Å². The van der Waals surface area contributed by atoms with E-state index in [0.717, 1.165) is 11.0 Å². The third-order valence-electron chi connectivity index (χ3n) is 3.66. The van der Waals surface area contributed by atoms with E-state index in [1.165, 1.54) is 0 Å². The highest BCUT2D eigenvalue weighted by molar-refractivity contribution is 6.65. The van der Waals surface area contributed by atoms with Gasteiger partial charge in [0.2, 0.25) is 0 Å². The SMILES string of the molecule is C=Cc1cncc(B2OC(C)(C)C(C)(C)O2)c1Cl. The Morgan fingerprint density at radius 3 is 2.28 bits per heavy atom. The predicted octanol–water partition coefficient (Wildman–Crippen LogP) is 2.68. The first-order chi connectivity index (χ1) is 8.28. The predicted molar refractivity (Wildman–Crippen MR) is 75.1 cm³/mol. The maximum absolute atomic E-state index is 6.30. The minimum Gasteiger partial charge on any atom is -0.399 e. The monoisotopic (exact) mass is 265 g/mol. The van der Waals surface area contributed by atoms with Gasteiger partial charge in [-0.2, -0.15) is 0 Å². The van der Waals surface area contributed by atoms with Gasteiger partial charge < -0.3 is 9.31 Å². The van der Waals surface area contributed by atoms with E-state index in [1.54, 1.807) is 18.5 Å². The highest BCUT2D eigenvalue weighted by Gasteiger charge is 2.52. The number of nitrogens with zero attached hydrogens (tertiary/aromatic N) is 1. The molecule has 1 aromatic heterocycles. The number of pyridine rings is 1. The van der Waals surface area contributed by atoms with Crippen molar-refractivity contribution in [2.75, 3.05) is 0 Å². The van der Waals surface area contributed by atoms with Gasteiger partial charge in [0.1, 0.15) is 0 Å². The fraction of sp³-hybridized carbons (Fsp3) is 0.462. The van der Waals surface area contributed by atoms with Gasteiger partial charge in [-0.15, -0.1) is 0 Å². The number of hydrogen-bond donors (Lipinski definition) is 0. The van der Waals surface area contributed by atoms with Crippen LogP contribution in [0.25, 0.3) is 6.08 Å². The Morgan fingerprint density at radius 2 is 1.78 bits per heavy atom. The van der Waals surface area contributed by atoms with E-state index in [4.69, 9.17) is 20.9 Å². The fourth-order valence-corrected chi connectivity index (χ4v) is 2.02. The lowest BCUT2D eigenvalue weighted by molar-refractivity contribution is 0.00578. The van der Waals surface area contributed by atoms with Crippen molar-refractivity contribution in [2.45, 2.75) is 38.9 Å².